The van der Waals surface area contributed by atoms with Gasteiger partial charge in [0.1, 0.15) is 0 Å². The highest BCUT2D eigenvalue weighted by molar-refractivity contribution is 6.35. The van der Waals surface area contributed by atoms with Crippen molar-refractivity contribution in [2.75, 3.05) is 26.2 Å². The van der Waals surface area contributed by atoms with Gasteiger partial charge in [0.05, 0.1) is 0 Å². The number of rotatable bonds is 3. The first-order chi connectivity index (χ1) is 9.25. The maximum atomic E-state index is 6.44. The fourth-order valence-electron chi connectivity index (χ4n) is 3.21. The lowest BCUT2D eigenvalue weighted by Crippen LogP contribution is -2.47. The van der Waals surface area contributed by atoms with Crippen molar-refractivity contribution in [2.24, 2.45) is 5.92 Å². The van der Waals surface area contributed by atoms with Crippen molar-refractivity contribution < 1.29 is 0 Å². The molecule has 2 nitrogen and oxygen atoms in total. The Morgan fingerprint density at radius 3 is 2.47 bits per heavy atom. The molecule has 0 bridgehead atoms. The maximum Gasteiger partial charge on any atom is 0.0468 e. The number of nitrogens with zero attached hydrogens (tertiary/aromatic N) is 1. The first-order valence-electron chi connectivity index (χ1n) is 7.15. The second-order valence-corrected chi connectivity index (χ2v) is 6.43. The van der Waals surface area contributed by atoms with E-state index in [0.717, 1.165) is 42.1 Å². The van der Waals surface area contributed by atoms with Crippen molar-refractivity contribution in [1.29, 1.82) is 0 Å². The lowest BCUT2D eigenvalue weighted by Gasteiger charge is -2.43. The standard InChI is InChI=1S/C15H20Cl2N2/c16-12-4-5-13(14(17)10-12)15(11-2-1-3-11)19-8-6-18-7-9-19/h4-5,10-11,15,18H,1-3,6-9H2/t15-/m0/s1. The van der Waals surface area contributed by atoms with Crippen molar-refractivity contribution in [3.8, 4) is 0 Å². The number of nitrogens with one attached hydrogen (secondary N) is 1. The fourth-order valence-corrected chi connectivity index (χ4v) is 3.73. The predicted octanol–water partition coefficient (Wildman–Crippen LogP) is 3.74. The molecule has 104 valence electrons. The van der Waals surface area contributed by atoms with Gasteiger partial charge in [0.25, 0.3) is 0 Å². The zero-order valence-corrected chi connectivity index (χ0v) is 12.6. The SMILES string of the molecule is Clc1ccc([C@H](C2CCC2)N2CCNCC2)c(Cl)c1. The van der Waals surface area contributed by atoms with Gasteiger partial charge in [-0.25, -0.2) is 0 Å². The second-order valence-electron chi connectivity index (χ2n) is 5.59. The summed E-state index contributed by atoms with van der Waals surface area (Å²) in [7, 11) is 0. The molecule has 0 spiro atoms. The van der Waals surface area contributed by atoms with Gasteiger partial charge in [0.2, 0.25) is 0 Å². The van der Waals surface area contributed by atoms with E-state index in [1.807, 2.05) is 12.1 Å². The minimum atomic E-state index is 0.473. The summed E-state index contributed by atoms with van der Waals surface area (Å²) in [6.45, 7) is 4.38. The van der Waals surface area contributed by atoms with Crippen LogP contribution in [0.3, 0.4) is 0 Å². The topological polar surface area (TPSA) is 15.3 Å². The van der Waals surface area contributed by atoms with Gasteiger partial charge >= 0.3 is 0 Å². The largest absolute Gasteiger partial charge is 0.314 e. The highest BCUT2D eigenvalue weighted by Crippen LogP contribution is 2.43. The summed E-state index contributed by atoms with van der Waals surface area (Å²) in [4.78, 5) is 2.59. The number of benzene rings is 1. The normalized spacial score (nSPS) is 23.1. The van der Waals surface area contributed by atoms with E-state index < -0.39 is 0 Å². The molecule has 2 fully saturated rings. The summed E-state index contributed by atoms with van der Waals surface area (Å²) in [5, 5.41) is 4.97. The molecule has 1 atom stereocenters. The van der Waals surface area contributed by atoms with Gasteiger partial charge in [0.15, 0.2) is 0 Å². The molecule has 19 heavy (non-hydrogen) atoms. The number of hydrogen-bond donors (Lipinski definition) is 1. The van der Waals surface area contributed by atoms with Gasteiger partial charge in [-0.3, -0.25) is 4.90 Å². The van der Waals surface area contributed by atoms with E-state index in [1.54, 1.807) is 0 Å². The zero-order valence-electron chi connectivity index (χ0n) is 11.0. The average molecular weight is 299 g/mol. The molecule has 1 aliphatic heterocycles. The molecule has 3 rings (SSSR count). The van der Waals surface area contributed by atoms with Crippen LogP contribution in [0, 0.1) is 5.92 Å². The Morgan fingerprint density at radius 2 is 1.89 bits per heavy atom. The molecule has 0 radical (unpaired) electrons. The van der Waals surface area contributed by atoms with Crippen molar-refractivity contribution in [2.45, 2.75) is 25.3 Å². The molecule has 0 unspecified atom stereocenters. The van der Waals surface area contributed by atoms with Crippen LogP contribution >= 0.6 is 23.2 Å². The Balaban J connectivity index is 1.88. The van der Waals surface area contributed by atoms with Crippen LogP contribution in [-0.4, -0.2) is 31.1 Å². The smallest absolute Gasteiger partial charge is 0.0468 e. The third kappa shape index (κ3) is 2.92. The second kappa shape index (κ2) is 6.01. The predicted molar refractivity (Wildman–Crippen MR) is 81.0 cm³/mol. The van der Waals surface area contributed by atoms with Crippen LogP contribution < -0.4 is 5.32 Å². The monoisotopic (exact) mass is 298 g/mol. The molecular formula is C15H20Cl2N2. The third-order valence-corrected chi connectivity index (χ3v) is 4.98. The lowest BCUT2D eigenvalue weighted by molar-refractivity contribution is 0.0838. The quantitative estimate of drug-likeness (QED) is 0.914. The first-order valence-corrected chi connectivity index (χ1v) is 7.91. The highest BCUT2D eigenvalue weighted by Gasteiger charge is 2.34. The summed E-state index contributed by atoms with van der Waals surface area (Å²) in [6.07, 6.45) is 4.01. The molecule has 4 heteroatoms. The van der Waals surface area contributed by atoms with Crippen LogP contribution in [0.2, 0.25) is 10.0 Å². The van der Waals surface area contributed by atoms with Gasteiger partial charge in [-0.1, -0.05) is 35.7 Å². The van der Waals surface area contributed by atoms with Crippen LogP contribution in [0.25, 0.3) is 0 Å². The summed E-state index contributed by atoms with van der Waals surface area (Å²) in [6, 6.07) is 6.44. The molecule has 2 aliphatic rings. The van der Waals surface area contributed by atoms with E-state index >= 15 is 0 Å². The van der Waals surface area contributed by atoms with E-state index in [2.05, 4.69) is 16.3 Å². The highest BCUT2D eigenvalue weighted by atomic mass is 35.5. The van der Waals surface area contributed by atoms with Crippen LogP contribution in [-0.2, 0) is 0 Å². The van der Waals surface area contributed by atoms with E-state index in [0.29, 0.717) is 6.04 Å². The van der Waals surface area contributed by atoms with Gasteiger partial charge < -0.3 is 5.32 Å². The van der Waals surface area contributed by atoms with Crippen LogP contribution in [0.15, 0.2) is 18.2 Å². The van der Waals surface area contributed by atoms with E-state index in [1.165, 1.54) is 24.8 Å². The van der Waals surface area contributed by atoms with E-state index in [-0.39, 0.29) is 0 Å². The number of piperazine rings is 1. The summed E-state index contributed by atoms with van der Waals surface area (Å²) in [5.41, 5.74) is 1.26. The zero-order chi connectivity index (χ0) is 13.2. The Morgan fingerprint density at radius 1 is 1.16 bits per heavy atom. The number of halogens is 2. The first kappa shape index (κ1) is 13.7. The summed E-state index contributed by atoms with van der Waals surface area (Å²) < 4.78 is 0. The van der Waals surface area contributed by atoms with E-state index in [4.69, 9.17) is 23.2 Å². The molecule has 1 heterocycles. The Labute approximate surface area is 125 Å². The van der Waals surface area contributed by atoms with Gasteiger partial charge in [-0.05, 0) is 36.5 Å². The van der Waals surface area contributed by atoms with Crippen molar-refractivity contribution in [1.82, 2.24) is 10.2 Å². The lowest BCUT2D eigenvalue weighted by atomic mass is 9.76. The molecule has 1 saturated carbocycles. The van der Waals surface area contributed by atoms with Crippen LogP contribution in [0.5, 0.6) is 0 Å². The molecule has 1 aliphatic carbocycles. The molecule has 1 aromatic carbocycles. The van der Waals surface area contributed by atoms with Gasteiger partial charge in [-0.2, -0.15) is 0 Å². The molecule has 1 aromatic rings. The molecule has 0 amide bonds. The number of hydrogen-bond acceptors (Lipinski definition) is 2. The van der Waals surface area contributed by atoms with Crippen molar-refractivity contribution >= 4 is 23.2 Å². The fraction of sp³-hybridized carbons (Fsp3) is 0.600. The van der Waals surface area contributed by atoms with Crippen LogP contribution in [0.1, 0.15) is 30.9 Å². The van der Waals surface area contributed by atoms with Crippen LogP contribution in [0.4, 0.5) is 0 Å². The Hall–Kier alpha value is -0.280. The minimum Gasteiger partial charge on any atom is -0.314 e. The van der Waals surface area contributed by atoms with Gasteiger partial charge in [-0.15, -0.1) is 0 Å². The maximum absolute atomic E-state index is 6.44. The summed E-state index contributed by atoms with van der Waals surface area (Å²) >= 11 is 12.5. The van der Waals surface area contributed by atoms with Gasteiger partial charge in [0, 0.05) is 42.3 Å². The third-order valence-electron chi connectivity index (χ3n) is 4.42. The average Bonchev–Trinajstić information content (AvgIpc) is 2.35. The Bertz CT molecular complexity index is 440. The van der Waals surface area contributed by atoms with Crippen molar-refractivity contribution in [3.63, 3.8) is 0 Å². The molecule has 1 N–H and O–H groups in total. The Kier molecular flexibility index (Phi) is 4.33. The molecular weight excluding hydrogens is 279 g/mol. The molecule has 0 aromatic heterocycles. The minimum absolute atomic E-state index is 0.473. The molecule has 1 saturated heterocycles. The van der Waals surface area contributed by atoms with Crippen molar-refractivity contribution in [3.05, 3.63) is 33.8 Å². The summed E-state index contributed by atoms with van der Waals surface area (Å²) in [5.74, 6) is 0.761. The van der Waals surface area contributed by atoms with E-state index in [9.17, 15) is 0 Å².